The highest BCUT2D eigenvalue weighted by atomic mass is 16.3. The van der Waals surface area contributed by atoms with Crippen LogP contribution >= 0.6 is 0 Å². The van der Waals surface area contributed by atoms with Gasteiger partial charge >= 0.3 is 0 Å². The topological polar surface area (TPSA) is 18.1 Å². The predicted octanol–water partition coefficient (Wildman–Crippen LogP) is 4.85. The molecule has 0 aliphatic rings. The molecule has 0 aromatic carbocycles. The van der Waals surface area contributed by atoms with Crippen molar-refractivity contribution in [3.05, 3.63) is 95.1 Å². The first-order chi connectivity index (χ1) is 12.5. The van der Waals surface area contributed by atoms with Gasteiger partial charge in [-0.1, -0.05) is 69.4 Å². The Morgan fingerprint density at radius 3 is 2.04 bits per heavy atom. The third-order valence-corrected chi connectivity index (χ3v) is 4.38. The minimum Gasteiger partial charge on any atom is -0.456 e. The van der Waals surface area contributed by atoms with E-state index in [0.29, 0.717) is 11.2 Å². The van der Waals surface area contributed by atoms with Gasteiger partial charge in [0.05, 0.1) is 0 Å². The van der Waals surface area contributed by atoms with Crippen LogP contribution in [0.2, 0.25) is 0 Å². The van der Waals surface area contributed by atoms with Crippen molar-refractivity contribution in [2.75, 3.05) is 0 Å². The summed E-state index contributed by atoms with van der Waals surface area (Å²) in [6.45, 7) is 21.5. The molecule has 132 valence electrons. The summed E-state index contributed by atoms with van der Waals surface area (Å²) >= 11 is 0. The minimum absolute atomic E-state index is 0.695. The van der Waals surface area contributed by atoms with E-state index in [2.05, 4.69) is 44.4 Å². The van der Waals surface area contributed by atoms with Crippen LogP contribution in [-0.2, 0) is 7.05 Å². The Balaban J connectivity index is 2.83. The SMILES string of the molecule is C=C/C=C\c1c(/C=c2/oc(C=C)c(/C=C\C=C)c2=C)c(C)n(C)c1C=C. The largest absolute Gasteiger partial charge is 0.456 e. The zero-order valence-electron chi connectivity index (χ0n) is 15.6. The summed E-state index contributed by atoms with van der Waals surface area (Å²) in [4.78, 5) is 0. The van der Waals surface area contributed by atoms with E-state index in [1.165, 1.54) is 0 Å². The van der Waals surface area contributed by atoms with Crippen LogP contribution in [0.1, 0.15) is 33.8 Å². The molecule has 0 N–H and O–H groups in total. The van der Waals surface area contributed by atoms with Crippen LogP contribution in [0.3, 0.4) is 0 Å². The average Bonchev–Trinajstić information content (AvgIpc) is 3.06. The molecule has 0 atom stereocenters. The van der Waals surface area contributed by atoms with Crippen molar-refractivity contribution in [2.24, 2.45) is 7.05 Å². The highest BCUT2D eigenvalue weighted by Gasteiger charge is 2.14. The van der Waals surface area contributed by atoms with Crippen LogP contribution in [0, 0.1) is 6.92 Å². The number of furan rings is 1. The van der Waals surface area contributed by atoms with E-state index in [1.807, 2.05) is 43.5 Å². The van der Waals surface area contributed by atoms with Gasteiger partial charge in [-0.15, -0.1) is 0 Å². The second kappa shape index (κ2) is 8.21. The van der Waals surface area contributed by atoms with Crippen molar-refractivity contribution in [2.45, 2.75) is 6.92 Å². The first kappa shape index (κ1) is 19.1. The minimum atomic E-state index is 0.695. The summed E-state index contributed by atoms with van der Waals surface area (Å²) in [5, 5.41) is 0.819. The summed E-state index contributed by atoms with van der Waals surface area (Å²) in [6.07, 6.45) is 16.8. The van der Waals surface area contributed by atoms with Gasteiger partial charge in [-0.25, -0.2) is 0 Å². The summed E-state index contributed by atoms with van der Waals surface area (Å²) in [5.74, 6) is 0.695. The Kier molecular flexibility index (Phi) is 6.03. The molecular weight excluding hydrogens is 318 g/mol. The second-order valence-electron chi connectivity index (χ2n) is 5.82. The molecule has 0 aliphatic carbocycles. The van der Waals surface area contributed by atoms with E-state index in [1.54, 1.807) is 18.2 Å². The Labute approximate surface area is 155 Å². The number of hydrogen-bond donors (Lipinski definition) is 0. The fourth-order valence-electron chi connectivity index (χ4n) is 2.91. The van der Waals surface area contributed by atoms with Gasteiger partial charge in [0, 0.05) is 40.3 Å². The molecule has 0 radical (unpaired) electrons. The molecule has 26 heavy (non-hydrogen) atoms. The number of hydrogen-bond acceptors (Lipinski definition) is 1. The lowest BCUT2D eigenvalue weighted by Crippen LogP contribution is -2.20. The molecule has 0 aliphatic heterocycles. The molecule has 2 aromatic heterocycles. The Morgan fingerprint density at radius 2 is 1.50 bits per heavy atom. The third-order valence-electron chi connectivity index (χ3n) is 4.38. The molecule has 0 saturated heterocycles. The van der Waals surface area contributed by atoms with Gasteiger partial charge in [-0.2, -0.15) is 0 Å². The highest BCUT2D eigenvalue weighted by molar-refractivity contribution is 5.75. The normalized spacial score (nSPS) is 12.2. The van der Waals surface area contributed by atoms with Gasteiger partial charge < -0.3 is 8.98 Å². The van der Waals surface area contributed by atoms with E-state index in [4.69, 9.17) is 4.42 Å². The zero-order chi connectivity index (χ0) is 19.3. The van der Waals surface area contributed by atoms with E-state index < -0.39 is 0 Å². The predicted molar refractivity (Wildman–Crippen MR) is 116 cm³/mol. The van der Waals surface area contributed by atoms with Crippen molar-refractivity contribution >= 4 is 37.0 Å². The standard InChI is InChI=1S/C24H25NO/c1-8-12-14-19-17(5)24(26-23(19)11-4)16-21-18(6)25(7)22(10-3)20(21)15-13-9-2/h8-16H,1-5H2,6-7H3/b14-12-,15-13-,24-16+. The van der Waals surface area contributed by atoms with Gasteiger partial charge in [-0.3, -0.25) is 0 Å². The molecule has 0 unspecified atom stereocenters. The quantitative estimate of drug-likeness (QED) is 0.657. The van der Waals surface area contributed by atoms with Gasteiger partial charge in [0.1, 0.15) is 11.2 Å². The van der Waals surface area contributed by atoms with E-state index >= 15 is 0 Å². The van der Waals surface area contributed by atoms with Crippen LogP contribution in [0.5, 0.6) is 0 Å². The number of nitrogens with zero attached hydrogens (tertiary/aromatic N) is 1. The molecule has 0 amide bonds. The van der Waals surface area contributed by atoms with Crippen molar-refractivity contribution in [1.29, 1.82) is 0 Å². The third kappa shape index (κ3) is 3.40. The molecule has 2 nitrogen and oxygen atoms in total. The van der Waals surface area contributed by atoms with Crippen molar-refractivity contribution in [3.63, 3.8) is 0 Å². The molecule has 2 heteroatoms. The van der Waals surface area contributed by atoms with Crippen LogP contribution in [0.25, 0.3) is 37.0 Å². The molecule has 0 spiro atoms. The van der Waals surface area contributed by atoms with Crippen molar-refractivity contribution in [1.82, 2.24) is 4.57 Å². The van der Waals surface area contributed by atoms with Crippen LogP contribution in [-0.4, -0.2) is 4.57 Å². The number of aromatic nitrogens is 1. The van der Waals surface area contributed by atoms with Crippen molar-refractivity contribution < 1.29 is 4.42 Å². The van der Waals surface area contributed by atoms with Gasteiger partial charge in [0.15, 0.2) is 0 Å². The average molecular weight is 343 g/mol. The maximum absolute atomic E-state index is 5.99. The van der Waals surface area contributed by atoms with Crippen LogP contribution < -0.4 is 10.6 Å². The Morgan fingerprint density at radius 1 is 0.885 bits per heavy atom. The molecular formula is C24H25NO. The lowest BCUT2D eigenvalue weighted by molar-refractivity contribution is 0.521. The van der Waals surface area contributed by atoms with Crippen LogP contribution in [0.4, 0.5) is 0 Å². The maximum atomic E-state index is 5.99. The molecule has 0 fully saturated rings. The lowest BCUT2D eigenvalue weighted by Gasteiger charge is -1.99. The van der Waals surface area contributed by atoms with Crippen molar-refractivity contribution in [3.8, 4) is 0 Å². The number of rotatable bonds is 7. The lowest BCUT2D eigenvalue weighted by atomic mass is 10.1. The highest BCUT2D eigenvalue weighted by Crippen LogP contribution is 2.25. The molecule has 2 rings (SSSR count). The Hall–Kier alpha value is -3.26. The maximum Gasteiger partial charge on any atom is 0.135 e. The summed E-state index contributed by atoms with van der Waals surface area (Å²) in [6, 6.07) is 0. The molecule has 2 aromatic rings. The smallest absolute Gasteiger partial charge is 0.135 e. The fraction of sp³-hybridized carbons (Fsp3) is 0.0833. The fourth-order valence-corrected chi connectivity index (χ4v) is 2.91. The summed E-state index contributed by atoms with van der Waals surface area (Å²) < 4.78 is 8.10. The molecule has 0 bridgehead atoms. The van der Waals surface area contributed by atoms with Gasteiger partial charge in [0.25, 0.3) is 0 Å². The molecule has 2 heterocycles. The molecule has 0 saturated carbocycles. The van der Waals surface area contributed by atoms with E-state index in [-0.39, 0.29) is 0 Å². The van der Waals surface area contributed by atoms with Crippen LogP contribution in [0.15, 0.2) is 55.0 Å². The summed E-state index contributed by atoms with van der Waals surface area (Å²) in [7, 11) is 2.02. The second-order valence-corrected chi connectivity index (χ2v) is 5.82. The summed E-state index contributed by atoms with van der Waals surface area (Å²) in [5.41, 5.74) is 5.91. The van der Waals surface area contributed by atoms with Gasteiger partial charge in [-0.05, 0) is 25.2 Å². The monoisotopic (exact) mass is 343 g/mol. The number of allylic oxidation sites excluding steroid dienone is 4. The first-order valence-corrected chi connectivity index (χ1v) is 8.35. The van der Waals surface area contributed by atoms with E-state index in [0.717, 1.165) is 33.3 Å². The Bertz CT molecular complexity index is 1040. The first-order valence-electron chi connectivity index (χ1n) is 8.35. The van der Waals surface area contributed by atoms with E-state index in [9.17, 15) is 0 Å². The van der Waals surface area contributed by atoms with Gasteiger partial charge in [0.2, 0.25) is 0 Å². The zero-order valence-corrected chi connectivity index (χ0v) is 15.6.